The van der Waals surface area contributed by atoms with Gasteiger partial charge in [-0.1, -0.05) is 0 Å². The topological polar surface area (TPSA) is 72.6 Å². The van der Waals surface area contributed by atoms with Crippen LogP contribution < -0.4 is 5.73 Å². The zero-order valence-electron chi connectivity index (χ0n) is 10.3. The number of methoxy groups -OCH3 is 1. The largest absolute Gasteiger partial charge is 0.468 e. The number of anilines is 1. The minimum absolute atomic E-state index is 0.0424. The highest BCUT2D eigenvalue weighted by molar-refractivity contribution is 6.00. The van der Waals surface area contributed by atoms with E-state index in [-0.39, 0.29) is 17.8 Å². The number of nitrogens with zero attached hydrogens (tertiary/aromatic N) is 1. The van der Waals surface area contributed by atoms with Gasteiger partial charge in [0.2, 0.25) is 0 Å². The number of hydrogen-bond donors (Lipinski definition) is 1. The van der Waals surface area contributed by atoms with E-state index in [0.29, 0.717) is 6.54 Å². The van der Waals surface area contributed by atoms with E-state index >= 15 is 0 Å². The van der Waals surface area contributed by atoms with Crippen molar-refractivity contribution in [2.75, 3.05) is 25.9 Å². The van der Waals surface area contributed by atoms with E-state index in [1.54, 1.807) is 6.92 Å². The van der Waals surface area contributed by atoms with Crippen LogP contribution in [0.25, 0.3) is 0 Å². The minimum atomic E-state index is -0.554. The Hall–Kier alpha value is -2.11. The maximum absolute atomic E-state index is 13.1. The van der Waals surface area contributed by atoms with E-state index in [9.17, 15) is 14.0 Å². The van der Waals surface area contributed by atoms with Crippen LogP contribution in [0.2, 0.25) is 0 Å². The summed E-state index contributed by atoms with van der Waals surface area (Å²) in [4.78, 5) is 24.5. The first-order valence-electron chi connectivity index (χ1n) is 5.40. The second-order valence-corrected chi connectivity index (χ2v) is 3.63. The van der Waals surface area contributed by atoms with Gasteiger partial charge in [0.05, 0.1) is 12.7 Å². The van der Waals surface area contributed by atoms with Gasteiger partial charge in [-0.3, -0.25) is 9.59 Å². The highest BCUT2D eigenvalue weighted by Gasteiger charge is 2.20. The Labute approximate surface area is 104 Å². The van der Waals surface area contributed by atoms with Gasteiger partial charge in [0, 0.05) is 12.2 Å². The van der Waals surface area contributed by atoms with Crippen LogP contribution in [0.5, 0.6) is 0 Å². The lowest BCUT2D eigenvalue weighted by Crippen LogP contribution is -2.36. The summed E-state index contributed by atoms with van der Waals surface area (Å²) in [7, 11) is 1.23. The van der Waals surface area contributed by atoms with Crippen molar-refractivity contribution in [3.8, 4) is 0 Å². The van der Waals surface area contributed by atoms with Crippen LogP contribution in [0.15, 0.2) is 18.2 Å². The summed E-state index contributed by atoms with van der Waals surface area (Å²) >= 11 is 0. The van der Waals surface area contributed by atoms with Gasteiger partial charge in [-0.05, 0) is 25.1 Å². The maximum atomic E-state index is 13.1. The zero-order chi connectivity index (χ0) is 13.7. The fourth-order valence-electron chi connectivity index (χ4n) is 1.43. The van der Waals surface area contributed by atoms with Crippen LogP contribution in [0.1, 0.15) is 17.3 Å². The summed E-state index contributed by atoms with van der Waals surface area (Å²) in [6.45, 7) is 1.81. The number of carbonyl (C=O) groups excluding carboxylic acids is 2. The lowest BCUT2D eigenvalue weighted by molar-refractivity contribution is -0.141. The number of carbonyl (C=O) groups is 2. The highest BCUT2D eigenvalue weighted by Crippen LogP contribution is 2.15. The van der Waals surface area contributed by atoms with Crippen molar-refractivity contribution in [3.05, 3.63) is 29.6 Å². The Kier molecular flexibility index (Phi) is 4.65. The van der Waals surface area contributed by atoms with Crippen molar-refractivity contribution >= 4 is 17.6 Å². The fraction of sp³-hybridized carbons (Fsp3) is 0.333. The van der Waals surface area contributed by atoms with Crippen molar-refractivity contribution in [2.45, 2.75) is 6.92 Å². The zero-order valence-corrected chi connectivity index (χ0v) is 10.3. The molecule has 98 valence electrons. The molecule has 0 aliphatic rings. The molecule has 1 aromatic carbocycles. The summed E-state index contributed by atoms with van der Waals surface area (Å²) < 4.78 is 17.6. The van der Waals surface area contributed by atoms with Gasteiger partial charge in [0.15, 0.2) is 0 Å². The molecule has 0 aliphatic heterocycles. The molecule has 5 nitrogen and oxygen atoms in total. The monoisotopic (exact) mass is 254 g/mol. The predicted octanol–water partition coefficient (Wildman–Crippen LogP) is 1.04. The van der Waals surface area contributed by atoms with Gasteiger partial charge in [0.25, 0.3) is 5.91 Å². The van der Waals surface area contributed by atoms with Crippen molar-refractivity contribution in [3.63, 3.8) is 0 Å². The summed E-state index contributed by atoms with van der Waals surface area (Å²) in [6.07, 6.45) is 0. The molecule has 1 rings (SSSR count). The Morgan fingerprint density at radius 1 is 1.44 bits per heavy atom. The third-order valence-electron chi connectivity index (χ3n) is 2.46. The third-order valence-corrected chi connectivity index (χ3v) is 2.46. The number of likely N-dealkylation sites (N-methyl/N-ethyl adjacent to an activating group) is 1. The number of amides is 1. The van der Waals surface area contributed by atoms with E-state index in [1.165, 1.54) is 24.1 Å². The van der Waals surface area contributed by atoms with E-state index in [2.05, 4.69) is 4.74 Å². The molecule has 6 heteroatoms. The minimum Gasteiger partial charge on any atom is -0.468 e. The molecule has 0 bridgehead atoms. The Morgan fingerprint density at radius 2 is 2.11 bits per heavy atom. The van der Waals surface area contributed by atoms with Crippen LogP contribution in [-0.4, -0.2) is 37.0 Å². The predicted molar refractivity (Wildman–Crippen MR) is 64.4 cm³/mol. The summed E-state index contributed by atoms with van der Waals surface area (Å²) in [5.41, 5.74) is 5.83. The van der Waals surface area contributed by atoms with Crippen LogP contribution >= 0.6 is 0 Å². The lowest BCUT2D eigenvalue weighted by Gasteiger charge is -2.20. The molecular weight excluding hydrogens is 239 g/mol. The van der Waals surface area contributed by atoms with Crippen molar-refractivity contribution in [1.29, 1.82) is 0 Å². The van der Waals surface area contributed by atoms with Gasteiger partial charge < -0.3 is 15.4 Å². The molecule has 0 saturated heterocycles. The first-order valence-corrected chi connectivity index (χ1v) is 5.40. The Balaban J connectivity index is 2.96. The van der Waals surface area contributed by atoms with E-state index < -0.39 is 17.7 Å². The maximum Gasteiger partial charge on any atom is 0.325 e. The molecular formula is C12H15FN2O3. The number of nitrogens with two attached hydrogens (primary N) is 1. The summed E-state index contributed by atoms with van der Waals surface area (Å²) in [6, 6.07) is 3.54. The molecule has 0 aromatic heterocycles. The van der Waals surface area contributed by atoms with Gasteiger partial charge in [-0.15, -0.1) is 0 Å². The first kappa shape index (κ1) is 14.0. The molecule has 0 saturated carbocycles. The van der Waals surface area contributed by atoms with Gasteiger partial charge >= 0.3 is 5.97 Å². The molecule has 18 heavy (non-hydrogen) atoms. The Bertz CT molecular complexity index is 463. The molecule has 0 aliphatic carbocycles. The van der Waals surface area contributed by atoms with E-state index in [4.69, 9.17) is 5.73 Å². The van der Waals surface area contributed by atoms with Gasteiger partial charge in [-0.2, -0.15) is 0 Å². The molecule has 0 atom stereocenters. The quantitative estimate of drug-likeness (QED) is 0.643. The number of hydrogen-bond acceptors (Lipinski definition) is 4. The standard InChI is InChI=1S/C12H15FN2O3/c1-3-15(7-11(16)18-2)12(17)9-6-8(13)4-5-10(9)14/h4-6H,3,7,14H2,1-2H3. The molecule has 1 aromatic rings. The highest BCUT2D eigenvalue weighted by atomic mass is 19.1. The molecule has 0 unspecified atom stereocenters. The number of rotatable bonds is 4. The van der Waals surface area contributed by atoms with Crippen LogP contribution in [0.3, 0.4) is 0 Å². The molecule has 0 fully saturated rings. The number of ether oxygens (including phenoxy) is 1. The normalized spacial score (nSPS) is 9.94. The van der Waals surface area contributed by atoms with Gasteiger partial charge in [-0.25, -0.2) is 4.39 Å². The smallest absolute Gasteiger partial charge is 0.325 e. The number of halogens is 1. The third kappa shape index (κ3) is 3.19. The average molecular weight is 254 g/mol. The molecule has 0 heterocycles. The number of benzene rings is 1. The van der Waals surface area contributed by atoms with E-state index in [0.717, 1.165) is 6.07 Å². The molecule has 0 spiro atoms. The van der Waals surface area contributed by atoms with Crippen LogP contribution in [0, 0.1) is 5.82 Å². The molecule has 1 amide bonds. The number of esters is 1. The number of nitrogen functional groups attached to an aromatic ring is 1. The average Bonchev–Trinajstić information content (AvgIpc) is 2.37. The van der Waals surface area contributed by atoms with Gasteiger partial charge in [0.1, 0.15) is 12.4 Å². The second kappa shape index (κ2) is 6.00. The van der Waals surface area contributed by atoms with Crippen molar-refractivity contribution in [2.24, 2.45) is 0 Å². The second-order valence-electron chi connectivity index (χ2n) is 3.63. The summed E-state index contributed by atoms with van der Waals surface area (Å²) in [5, 5.41) is 0. The van der Waals surface area contributed by atoms with Crippen LogP contribution in [-0.2, 0) is 9.53 Å². The van der Waals surface area contributed by atoms with Crippen LogP contribution in [0.4, 0.5) is 10.1 Å². The van der Waals surface area contributed by atoms with Crippen molar-refractivity contribution in [1.82, 2.24) is 4.90 Å². The first-order chi connectivity index (χ1) is 8.49. The lowest BCUT2D eigenvalue weighted by atomic mass is 10.1. The van der Waals surface area contributed by atoms with E-state index in [1.807, 2.05) is 0 Å². The van der Waals surface area contributed by atoms with Crippen molar-refractivity contribution < 1.29 is 18.7 Å². The summed E-state index contributed by atoms with van der Waals surface area (Å²) in [5.74, 6) is -1.60. The Morgan fingerprint density at radius 3 is 2.67 bits per heavy atom. The molecule has 0 radical (unpaired) electrons. The fourth-order valence-corrected chi connectivity index (χ4v) is 1.43. The molecule has 2 N–H and O–H groups in total. The SMILES string of the molecule is CCN(CC(=O)OC)C(=O)c1cc(F)ccc1N.